The summed E-state index contributed by atoms with van der Waals surface area (Å²) < 4.78 is 0. The van der Waals surface area contributed by atoms with Gasteiger partial charge in [-0.2, -0.15) is 0 Å². The zero-order valence-corrected chi connectivity index (χ0v) is 19.0. The molecule has 2 amide bonds. The predicted octanol–water partition coefficient (Wildman–Crippen LogP) is 3.27. The Morgan fingerprint density at radius 1 is 0.824 bits per heavy atom. The van der Waals surface area contributed by atoms with Gasteiger partial charge in [0.05, 0.1) is 0 Å². The number of nitrogens with one attached hydrogen (secondary N) is 2. The van der Waals surface area contributed by atoms with E-state index in [1.54, 1.807) is 0 Å². The highest BCUT2D eigenvalue weighted by Crippen LogP contribution is 2.33. The fourth-order valence-corrected chi connectivity index (χ4v) is 5.17. The van der Waals surface area contributed by atoms with Crippen molar-refractivity contribution in [2.24, 2.45) is 0 Å². The molecule has 7 heteroatoms. The molecule has 174 valence electrons. The molecule has 1 saturated carbocycles. The quantitative estimate of drug-likeness (QED) is 0.576. The van der Waals surface area contributed by atoms with Crippen molar-refractivity contribution in [1.82, 2.24) is 5.32 Å². The number of benzene rings is 2. The Bertz CT molecular complexity index is 1300. The first-order chi connectivity index (χ1) is 16.6. The molecule has 0 bridgehead atoms. The van der Waals surface area contributed by atoms with Gasteiger partial charge in [-0.05, 0) is 60.9 Å². The summed E-state index contributed by atoms with van der Waals surface area (Å²) in [5.41, 5.74) is 4.80. The van der Waals surface area contributed by atoms with Gasteiger partial charge in [0.1, 0.15) is 11.4 Å². The van der Waals surface area contributed by atoms with Gasteiger partial charge >= 0.3 is 6.03 Å². The Balaban J connectivity index is 1.08. The van der Waals surface area contributed by atoms with Crippen LogP contribution in [0.1, 0.15) is 31.2 Å². The maximum absolute atomic E-state index is 13.1. The number of amides is 2. The van der Waals surface area contributed by atoms with Crippen LogP contribution in [0.4, 0.5) is 21.9 Å². The molecule has 0 atom stereocenters. The van der Waals surface area contributed by atoms with E-state index in [1.165, 1.54) is 16.7 Å². The highest BCUT2D eigenvalue weighted by Gasteiger charge is 2.33. The molecule has 1 aliphatic carbocycles. The molecule has 2 N–H and O–H groups in total. The Morgan fingerprint density at radius 2 is 1.59 bits per heavy atom. The summed E-state index contributed by atoms with van der Waals surface area (Å²) in [6.07, 6.45) is 4.46. The monoisotopic (exact) mass is 456 g/mol. The van der Waals surface area contributed by atoms with E-state index >= 15 is 0 Å². The molecule has 3 aliphatic rings. The third-order valence-corrected chi connectivity index (χ3v) is 7.28. The van der Waals surface area contributed by atoms with Gasteiger partial charge in [0.2, 0.25) is 0 Å². The number of rotatable bonds is 5. The van der Waals surface area contributed by atoms with Gasteiger partial charge < -0.3 is 15.5 Å². The zero-order valence-electron chi connectivity index (χ0n) is 19.0. The lowest BCUT2D eigenvalue weighted by Crippen LogP contribution is -2.51. The molecule has 6 rings (SSSR count). The number of hydrogen-bond donors (Lipinski definition) is 2. The van der Waals surface area contributed by atoms with Gasteiger partial charge in [0, 0.05) is 37.4 Å². The normalized spacial score (nSPS) is 18.2. The molecule has 0 unspecified atom stereocenters. The number of hydrogen-bond acceptors (Lipinski definition) is 5. The minimum absolute atomic E-state index is 0.0581. The Morgan fingerprint density at radius 3 is 2.32 bits per heavy atom. The molecule has 2 fully saturated rings. The molecule has 1 saturated heterocycles. The van der Waals surface area contributed by atoms with Crippen LogP contribution < -0.4 is 31.3 Å². The van der Waals surface area contributed by atoms with Crippen LogP contribution in [0.3, 0.4) is 0 Å². The number of piperidine rings is 1. The number of carbonyl (C=O) groups excluding carboxylic acids is 1. The molecule has 34 heavy (non-hydrogen) atoms. The SMILES string of the molecule is O=C(NC1CCN(c2c(NC3CC3)c(=O)c2=O)CC1)N1CCc2cc(-c3ccccc3)ccc21. The molecule has 3 aromatic carbocycles. The van der Waals surface area contributed by atoms with Crippen molar-refractivity contribution in [3.8, 4) is 11.1 Å². The van der Waals surface area contributed by atoms with Crippen molar-refractivity contribution in [1.29, 1.82) is 0 Å². The lowest BCUT2D eigenvalue weighted by Gasteiger charge is -2.35. The third kappa shape index (κ3) is 3.75. The minimum Gasteiger partial charge on any atom is -0.377 e. The van der Waals surface area contributed by atoms with E-state index in [-0.39, 0.29) is 22.9 Å². The van der Waals surface area contributed by atoms with Crippen LogP contribution in [-0.4, -0.2) is 37.7 Å². The van der Waals surface area contributed by atoms with Crippen LogP contribution in [-0.2, 0) is 6.42 Å². The Labute approximate surface area is 198 Å². The molecule has 3 aromatic rings. The predicted molar refractivity (Wildman–Crippen MR) is 135 cm³/mol. The van der Waals surface area contributed by atoms with E-state index in [4.69, 9.17) is 0 Å². The Kier molecular flexibility index (Phi) is 5.12. The summed E-state index contributed by atoms with van der Waals surface area (Å²) in [6.45, 7) is 2.00. The first-order valence-corrected chi connectivity index (χ1v) is 12.2. The summed E-state index contributed by atoms with van der Waals surface area (Å²) in [4.78, 5) is 41.1. The van der Waals surface area contributed by atoms with Crippen LogP contribution in [0.2, 0.25) is 0 Å². The zero-order chi connectivity index (χ0) is 23.2. The van der Waals surface area contributed by atoms with Gasteiger partial charge in [0.15, 0.2) is 0 Å². The van der Waals surface area contributed by atoms with Gasteiger partial charge in [-0.1, -0.05) is 36.4 Å². The van der Waals surface area contributed by atoms with E-state index in [2.05, 4.69) is 34.9 Å². The summed E-state index contributed by atoms with van der Waals surface area (Å²) in [7, 11) is 0. The first kappa shape index (κ1) is 21.0. The van der Waals surface area contributed by atoms with Crippen LogP contribution in [0.15, 0.2) is 58.1 Å². The van der Waals surface area contributed by atoms with E-state index < -0.39 is 0 Å². The molecule has 0 radical (unpaired) electrons. The summed E-state index contributed by atoms with van der Waals surface area (Å²) in [6, 6.07) is 16.9. The van der Waals surface area contributed by atoms with E-state index in [0.29, 0.717) is 37.1 Å². The fraction of sp³-hybridized carbons (Fsp3) is 0.370. The van der Waals surface area contributed by atoms with Crippen molar-refractivity contribution in [2.75, 3.05) is 34.8 Å². The largest absolute Gasteiger partial charge is 0.377 e. The number of urea groups is 1. The van der Waals surface area contributed by atoms with Gasteiger partial charge in [-0.25, -0.2) is 4.79 Å². The number of nitrogens with zero attached hydrogens (tertiary/aromatic N) is 2. The highest BCUT2D eigenvalue weighted by atomic mass is 16.2. The molecular formula is C27H28N4O3. The maximum Gasteiger partial charge on any atom is 0.322 e. The summed E-state index contributed by atoms with van der Waals surface area (Å²) in [5.74, 6) is 0. The van der Waals surface area contributed by atoms with Crippen LogP contribution in [0.25, 0.3) is 11.1 Å². The third-order valence-electron chi connectivity index (χ3n) is 7.28. The van der Waals surface area contributed by atoms with Crippen LogP contribution >= 0.6 is 0 Å². The van der Waals surface area contributed by atoms with Crippen LogP contribution in [0, 0.1) is 0 Å². The topological polar surface area (TPSA) is 81.8 Å². The molecule has 2 heterocycles. The second-order valence-corrected chi connectivity index (χ2v) is 9.62. The highest BCUT2D eigenvalue weighted by molar-refractivity contribution is 5.95. The standard InChI is InChI=1S/C27H28N4O3/c32-25-23(28-20-7-8-20)24(26(25)33)30-13-11-21(12-14-30)29-27(34)31-15-10-19-16-18(6-9-22(19)31)17-4-2-1-3-5-17/h1-6,9,16,20-21,28H,7-8,10-15H2,(H,29,34). The van der Waals surface area contributed by atoms with E-state index in [0.717, 1.165) is 37.8 Å². The van der Waals surface area contributed by atoms with E-state index in [9.17, 15) is 14.4 Å². The minimum atomic E-state index is -0.388. The Hall–Kier alpha value is -3.61. The molecule has 2 aliphatic heterocycles. The van der Waals surface area contributed by atoms with Gasteiger partial charge in [-0.15, -0.1) is 0 Å². The van der Waals surface area contributed by atoms with Crippen molar-refractivity contribution in [2.45, 2.75) is 44.2 Å². The van der Waals surface area contributed by atoms with Gasteiger partial charge in [-0.3, -0.25) is 14.5 Å². The van der Waals surface area contributed by atoms with Crippen molar-refractivity contribution < 1.29 is 4.79 Å². The fourth-order valence-electron chi connectivity index (χ4n) is 5.17. The molecular weight excluding hydrogens is 428 g/mol. The molecule has 0 aromatic heterocycles. The average molecular weight is 457 g/mol. The van der Waals surface area contributed by atoms with Crippen molar-refractivity contribution in [3.63, 3.8) is 0 Å². The lowest BCUT2D eigenvalue weighted by molar-refractivity contribution is 0.240. The number of carbonyl (C=O) groups is 1. The molecule has 7 nitrogen and oxygen atoms in total. The first-order valence-electron chi connectivity index (χ1n) is 12.2. The average Bonchev–Trinajstić information content (AvgIpc) is 3.60. The maximum atomic E-state index is 13.1. The van der Waals surface area contributed by atoms with E-state index in [1.807, 2.05) is 34.1 Å². The molecule has 0 spiro atoms. The number of anilines is 3. The smallest absolute Gasteiger partial charge is 0.322 e. The van der Waals surface area contributed by atoms with Crippen molar-refractivity contribution in [3.05, 3.63) is 74.5 Å². The second-order valence-electron chi connectivity index (χ2n) is 9.62. The summed E-state index contributed by atoms with van der Waals surface area (Å²) >= 11 is 0. The van der Waals surface area contributed by atoms with Crippen molar-refractivity contribution >= 4 is 23.1 Å². The lowest BCUT2D eigenvalue weighted by atomic mass is 10.0. The van der Waals surface area contributed by atoms with Gasteiger partial charge in [0.25, 0.3) is 10.9 Å². The van der Waals surface area contributed by atoms with Crippen LogP contribution in [0.5, 0.6) is 0 Å². The number of fused-ring (bicyclic) bond motifs is 1. The second kappa shape index (κ2) is 8.31. The summed E-state index contributed by atoms with van der Waals surface area (Å²) in [5, 5.41) is 6.41.